The molecule has 0 saturated heterocycles. The molecule has 0 fully saturated rings. The van der Waals surface area contributed by atoms with Gasteiger partial charge in [0.15, 0.2) is 12.2 Å². The predicted molar refractivity (Wildman–Crippen MR) is 83.2 cm³/mol. The van der Waals surface area contributed by atoms with Crippen molar-refractivity contribution in [1.29, 1.82) is 0 Å². The fourth-order valence-corrected chi connectivity index (χ4v) is 2.84. The molecule has 0 bridgehead atoms. The van der Waals surface area contributed by atoms with Crippen molar-refractivity contribution >= 4 is 22.6 Å². The van der Waals surface area contributed by atoms with Crippen LogP contribution >= 0.6 is 11.6 Å². The average Bonchev–Trinajstić information content (AvgIpc) is 2.54. The summed E-state index contributed by atoms with van der Waals surface area (Å²) >= 11 is 6.16. The number of hydrogen-bond acceptors (Lipinski definition) is 4. The van der Waals surface area contributed by atoms with E-state index in [9.17, 15) is 4.79 Å². The molecule has 0 unspecified atom stereocenters. The molecule has 0 aliphatic carbocycles. The molecule has 22 heavy (non-hydrogen) atoms. The van der Waals surface area contributed by atoms with E-state index in [0.29, 0.717) is 39.7 Å². The fourth-order valence-electron chi connectivity index (χ4n) is 2.60. The molecule has 1 aliphatic heterocycles. The molecule has 0 radical (unpaired) electrons. The normalized spacial score (nSPS) is 13.7. The number of rotatable bonds is 1. The first-order chi connectivity index (χ1) is 10.7. The summed E-state index contributed by atoms with van der Waals surface area (Å²) < 4.78 is 16.7. The first-order valence-corrected chi connectivity index (χ1v) is 7.16. The van der Waals surface area contributed by atoms with Crippen molar-refractivity contribution in [1.82, 2.24) is 0 Å². The van der Waals surface area contributed by atoms with Crippen molar-refractivity contribution in [2.45, 2.75) is 6.61 Å². The van der Waals surface area contributed by atoms with Gasteiger partial charge in [0.05, 0.1) is 17.6 Å². The number of fused-ring (bicyclic) bond motifs is 2. The van der Waals surface area contributed by atoms with E-state index >= 15 is 0 Å². The summed E-state index contributed by atoms with van der Waals surface area (Å²) in [6.07, 6.45) is 0. The molecule has 5 heteroatoms. The van der Waals surface area contributed by atoms with Crippen molar-refractivity contribution in [2.75, 3.05) is 6.79 Å². The van der Waals surface area contributed by atoms with Crippen LogP contribution in [0.4, 0.5) is 0 Å². The molecular formula is C17H11ClO4. The van der Waals surface area contributed by atoms with E-state index in [1.54, 1.807) is 30.3 Å². The summed E-state index contributed by atoms with van der Waals surface area (Å²) in [5.74, 6) is 1.08. The molecule has 4 nitrogen and oxygen atoms in total. The molecule has 0 atom stereocenters. The summed E-state index contributed by atoms with van der Waals surface area (Å²) in [4.78, 5) is 12.3. The van der Waals surface area contributed by atoms with Crippen molar-refractivity contribution < 1.29 is 13.9 Å². The van der Waals surface area contributed by atoms with Crippen molar-refractivity contribution in [3.63, 3.8) is 0 Å². The lowest BCUT2D eigenvalue weighted by atomic mass is 10.1. The van der Waals surface area contributed by atoms with E-state index in [1.807, 2.05) is 6.07 Å². The Morgan fingerprint density at radius 1 is 1.09 bits per heavy atom. The smallest absolute Gasteiger partial charge is 0.193 e. The van der Waals surface area contributed by atoms with E-state index in [0.717, 1.165) is 5.56 Å². The lowest BCUT2D eigenvalue weighted by Crippen LogP contribution is -2.12. The standard InChI is InChI=1S/C17H11ClO4/c18-11-5-10-8-20-9-21-17(10)13(6-11)16-7-14(19)12-3-1-2-4-15(12)22-16/h1-7H,8-9H2. The van der Waals surface area contributed by atoms with E-state index in [2.05, 4.69) is 0 Å². The van der Waals surface area contributed by atoms with Gasteiger partial charge in [0.25, 0.3) is 0 Å². The number of halogens is 1. The van der Waals surface area contributed by atoms with Crippen LogP contribution in [0.2, 0.25) is 5.02 Å². The quantitative estimate of drug-likeness (QED) is 0.681. The number of hydrogen-bond donors (Lipinski definition) is 0. The largest absolute Gasteiger partial charge is 0.466 e. The van der Waals surface area contributed by atoms with Crippen LogP contribution < -0.4 is 10.2 Å². The highest BCUT2D eigenvalue weighted by Gasteiger charge is 2.19. The molecule has 2 heterocycles. The fraction of sp³-hybridized carbons (Fsp3) is 0.118. The predicted octanol–water partition coefficient (Wildman–Crippen LogP) is 3.98. The van der Waals surface area contributed by atoms with Crippen LogP contribution in [-0.4, -0.2) is 6.79 Å². The minimum atomic E-state index is -0.0994. The van der Waals surface area contributed by atoms with Crippen LogP contribution in [0.1, 0.15) is 5.56 Å². The van der Waals surface area contributed by atoms with E-state index < -0.39 is 0 Å². The maximum absolute atomic E-state index is 12.3. The Morgan fingerprint density at radius 2 is 1.95 bits per heavy atom. The van der Waals surface area contributed by atoms with Crippen molar-refractivity contribution in [3.05, 3.63) is 63.3 Å². The molecule has 0 spiro atoms. The molecule has 1 aliphatic rings. The highest BCUT2D eigenvalue weighted by molar-refractivity contribution is 6.31. The van der Waals surface area contributed by atoms with Gasteiger partial charge >= 0.3 is 0 Å². The number of benzene rings is 2. The molecule has 0 saturated carbocycles. The minimum Gasteiger partial charge on any atom is -0.466 e. The third-order valence-electron chi connectivity index (χ3n) is 3.57. The molecule has 0 N–H and O–H groups in total. The van der Waals surface area contributed by atoms with Crippen molar-refractivity contribution in [3.8, 4) is 17.1 Å². The molecule has 1 aromatic heterocycles. The zero-order chi connectivity index (χ0) is 15.1. The van der Waals surface area contributed by atoms with Gasteiger partial charge in [-0.05, 0) is 24.3 Å². The van der Waals surface area contributed by atoms with Crippen LogP contribution in [-0.2, 0) is 11.3 Å². The highest BCUT2D eigenvalue weighted by Crippen LogP contribution is 2.38. The third kappa shape index (κ3) is 2.17. The van der Waals surface area contributed by atoms with Crippen LogP contribution in [0.25, 0.3) is 22.3 Å². The highest BCUT2D eigenvalue weighted by atomic mass is 35.5. The summed E-state index contributed by atoms with van der Waals surface area (Å²) in [5.41, 5.74) is 1.93. The monoisotopic (exact) mass is 314 g/mol. The van der Waals surface area contributed by atoms with Crippen LogP contribution in [0.3, 0.4) is 0 Å². The van der Waals surface area contributed by atoms with Gasteiger partial charge < -0.3 is 13.9 Å². The molecule has 4 rings (SSSR count). The Labute approximate surface area is 130 Å². The van der Waals surface area contributed by atoms with Gasteiger partial charge in [-0.15, -0.1) is 0 Å². The zero-order valence-corrected chi connectivity index (χ0v) is 12.2. The van der Waals surface area contributed by atoms with Gasteiger partial charge in [0, 0.05) is 16.7 Å². The lowest BCUT2D eigenvalue weighted by molar-refractivity contribution is -0.0159. The average molecular weight is 315 g/mol. The molecular weight excluding hydrogens is 304 g/mol. The maximum atomic E-state index is 12.3. The lowest BCUT2D eigenvalue weighted by Gasteiger charge is -2.20. The van der Waals surface area contributed by atoms with Gasteiger partial charge in [-0.25, -0.2) is 0 Å². The summed E-state index contributed by atoms with van der Waals surface area (Å²) in [6, 6.07) is 12.1. The van der Waals surface area contributed by atoms with E-state index in [4.69, 9.17) is 25.5 Å². The number of ether oxygens (including phenoxy) is 2. The van der Waals surface area contributed by atoms with Gasteiger partial charge in [0.2, 0.25) is 0 Å². The van der Waals surface area contributed by atoms with Crippen LogP contribution in [0.15, 0.2) is 51.7 Å². The molecule has 0 amide bonds. The van der Waals surface area contributed by atoms with Gasteiger partial charge in [0.1, 0.15) is 17.1 Å². The maximum Gasteiger partial charge on any atom is 0.193 e. The summed E-state index contributed by atoms with van der Waals surface area (Å²) in [5, 5.41) is 1.09. The first-order valence-electron chi connectivity index (χ1n) is 6.78. The van der Waals surface area contributed by atoms with Gasteiger partial charge in [-0.2, -0.15) is 0 Å². The van der Waals surface area contributed by atoms with E-state index in [1.165, 1.54) is 6.07 Å². The SMILES string of the molecule is O=c1cc(-c2cc(Cl)cc3c2OCOC3)oc2ccccc12. The number of para-hydroxylation sites is 1. The molecule has 110 valence electrons. The second-order valence-electron chi connectivity index (χ2n) is 5.02. The Hall–Kier alpha value is -2.30. The molecule has 3 aromatic rings. The van der Waals surface area contributed by atoms with Gasteiger partial charge in [-0.1, -0.05) is 23.7 Å². The third-order valence-corrected chi connectivity index (χ3v) is 3.79. The van der Waals surface area contributed by atoms with Gasteiger partial charge in [-0.3, -0.25) is 4.79 Å². The Bertz CT molecular complexity index is 930. The Kier molecular flexibility index (Phi) is 3.13. The first kappa shape index (κ1) is 13.4. The minimum absolute atomic E-state index is 0.0994. The van der Waals surface area contributed by atoms with Crippen molar-refractivity contribution in [2.24, 2.45) is 0 Å². The topological polar surface area (TPSA) is 48.7 Å². The Morgan fingerprint density at radius 3 is 2.86 bits per heavy atom. The second-order valence-corrected chi connectivity index (χ2v) is 5.46. The Balaban J connectivity index is 1.99. The van der Waals surface area contributed by atoms with Crippen LogP contribution in [0, 0.1) is 0 Å². The zero-order valence-electron chi connectivity index (χ0n) is 11.5. The molecule has 2 aromatic carbocycles. The van der Waals surface area contributed by atoms with Crippen LogP contribution in [0.5, 0.6) is 5.75 Å². The summed E-state index contributed by atoms with van der Waals surface area (Å²) in [6.45, 7) is 0.583. The van der Waals surface area contributed by atoms with E-state index in [-0.39, 0.29) is 12.2 Å². The second kappa shape index (κ2) is 5.16. The summed E-state index contributed by atoms with van der Waals surface area (Å²) in [7, 11) is 0.